The van der Waals surface area contributed by atoms with Crippen LogP contribution in [0, 0.1) is 0 Å². The van der Waals surface area contributed by atoms with Crippen molar-refractivity contribution < 1.29 is 59.8 Å². The van der Waals surface area contributed by atoms with Gasteiger partial charge in [-0.2, -0.15) is 0 Å². The lowest BCUT2D eigenvalue weighted by atomic mass is 9.99. The third kappa shape index (κ3) is 3.70. The minimum Gasteiger partial charge on any atom is -0.504 e. The molecule has 1 aromatic heterocycles. The summed E-state index contributed by atoms with van der Waals surface area (Å²) in [5.41, 5.74) is -1.56. The molecule has 182 valence electrons. The lowest BCUT2D eigenvalue weighted by Gasteiger charge is -2.39. The van der Waals surface area contributed by atoms with E-state index in [-0.39, 0.29) is 5.56 Å². The van der Waals surface area contributed by atoms with Crippen LogP contribution in [0.4, 0.5) is 0 Å². The van der Waals surface area contributed by atoms with E-state index < -0.39 is 94.0 Å². The van der Waals surface area contributed by atoms with Crippen molar-refractivity contribution in [2.45, 2.75) is 30.7 Å². The van der Waals surface area contributed by atoms with Crippen molar-refractivity contribution in [3.05, 3.63) is 34.5 Å². The highest BCUT2D eigenvalue weighted by Gasteiger charge is 2.45. The summed E-state index contributed by atoms with van der Waals surface area (Å²) in [6.07, 6.45) is -8.32. The molecule has 13 nitrogen and oxygen atoms in total. The van der Waals surface area contributed by atoms with Gasteiger partial charge in [-0.25, -0.2) is 0 Å². The first-order valence-electron chi connectivity index (χ1n) is 9.79. The average molecular weight is 480 g/mol. The minimum absolute atomic E-state index is 0.0178. The van der Waals surface area contributed by atoms with Crippen molar-refractivity contribution in [2.75, 3.05) is 6.61 Å². The SMILES string of the molecule is O=c1c(O)c(-c2ccc(O)c(O)c2)oc2cc(O[C@@H]3O[C@H](CO)[C@@H](O)[C@H](O)[C@H]3O)c(O)c(O)c12. The van der Waals surface area contributed by atoms with Crippen LogP contribution >= 0.6 is 0 Å². The van der Waals surface area contributed by atoms with Crippen LogP contribution in [-0.2, 0) is 4.74 Å². The topological polar surface area (TPSA) is 231 Å². The quantitative estimate of drug-likeness (QED) is 0.208. The zero-order chi connectivity index (χ0) is 24.9. The smallest absolute Gasteiger partial charge is 0.238 e. The maximum absolute atomic E-state index is 12.7. The summed E-state index contributed by atoms with van der Waals surface area (Å²) in [5.74, 6) is -5.06. The van der Waals surface area contributed by atoms with Crippen LogP contribution in [0.15, 0.2) is 33.5 Å². The lowest BCUT2D eigenvalue weighted by Crippen LogP contribution is -2.60. The first kappa shape index (κ1) is 23.4. The number of aliphatic hydroxyl groups excluding tert-OH is 4. The molecule has 0 unspecified atom stereocenters. The van der Waals surface area contributed by atoms with E-state index in [1.54, 1.807) is 0 Å². The number of aromatic hydroxyl groups is 5. The highest BCUT2D eigenvalue weighted by molar-refractivity contribution is 5.91. The fraction of sp³-hybridized carbons (Fsp3) is 0.286. The summed E-state index contributed by atoms with van der Waals surface area (Å²) < 4.78 is 16.0. The Bertz CT molecular complexity index is 1300. The molecule has 0 bridgehead atoms. The first-order chi connectivity index (χ1) is 16.0. The molecule has 0 aliphatic carbocycles. The van der Waals surface area contributed by atoms with Crippen LogP contribution in [0.5, 0.6) is 34.5 Å². The highest BCUT2D eigenvalue weighted by Crippen LogP contribution is 2.44. The van der Waals surface area contributed by atoms with E-state index >= 15 is 0 Å². The van der Waals surface area contributed by atoms with E-state index in [1.165, 1.54) is 6.07 Å². The molecule has 0 saturated carbocycles. The second-order valence-electron chi connectivity index (χ2n) is 7.57. The number of fused-ring (bicyclic) bond motifs is 1. The Hall–Kier alpha value is -3.75. The summed E-state index contributed by atoms with van der Waals surface area (Å²) >= 11 is 0. The summed E-state index contributed by atoms with van der Waals surface area (Å²) in [4.78, 5) is 12.7. The number of hydrogen-bond acceptors (Lipinski definition) is 13. The maximum Gasteiger partial charge on any atom is 0.238 e. The van der Waals surface area contributed by atoms with Gasteiger partial charge in [0, 0.05) is 11.6 Å². The van der Waals surface area contributed by atoms with Crippen LogP contribution in [0.25, 0.3) is 22.3 Å². The molecule has 0 amide bonds. The first-order valence-corrected chi connectivity index (χ1v) is 9.79. The molecule has 2 aromatic carbocycles. The second kappa shape index (κ2) is 8.55. The molecule has 4 rings (SSSR count). The number of rotatable bonds is 4. The van der Waals surface area contributed by atoms with Gasteiger partial charge < -0.3 is 59.8 Å². The summed E-state index contributed by atoms with van der Waals surface area (Å²) in [6.45, 7) is -0.739. The predicted molar refractivity (Wildman–Crippen MR) is 111 cm³/mol. The van der Waals surface area contributed by atoms with Crippen LogP contribution in [-0.4, -0.2) is 83.3 Å². The Morgan fingerprint density at radius 3 is 2.21 bits per heavy atom. The third-order valence-electron chi connectivity index (χ3n) is 5.40. The van der Waals surface area contributed by atoms with Crippen molar-refractivity contribution in [2.24, 2.45) is 0 Å². The van der Waals surface area contributed by atoms with Crippen molar-refractivity contribution in [1.82, 2.24) is 0 Å². The van der Waals surface area contributed by atoms with Gasteiger partial charge >= 0.3 is 0 Å². The largest absolute Gasteiger partial charge is 0.504 e. The number of hydrogen-bond donors (Lipinski definition) is 9. The normalized spacial score (nSPS) is 24.9. The van der Waals surface area contributed by atoms with Crippen molar-refractivity contribution in [1.29, 1.82) is 0 Å². The molecule has 13 heteroatoms. The fourth-order valence-electron chi connectivity index (χ4n) is 3.53. The van der Waals surface area contributed by atoms with Crippen LogP contribution in [0.1, 0.15) is 0 Å². The predicted octanol–water partition coefficient (Wildman–Crippen LogP) is -0.833. The molecule has 1 fully saturated rings. The number of phenols is 4. The van der Waals surface area contributed by atoms with Gasteiger partial charge in [0.2, 0.25) is 23.2 Å². The molecule has 5 atom stereocenters. The molecule has 3 aromatic rings. The molecule has 1 aliphatic heterocycles. The molecule has 1 saturated heterocycles. The molecule has 0 spiro atoms. The van der Waals surface area contributed by atoms with E-state index in [1.807, 2.05) is 0 Å². The monoisotopic (exact) mass is 480 g/mol. The maximum atomic E-state index is 12.7. The van der Waals surface area contributed by atoms with Crippen LogP contribution < -0.4 is 10.2 Å². The van der Waals surface area contributed by atoms with Gasteiger partial charge in [0.25, 0.3) is 0 Å². The van der Waals surface area contributed by atoms with E-state index in [0.29, 0.717) is 0 Å². The number of ether oxygens (including phenoxy) is 2. The molecule has 0 radical (unpaired) electrons. The Labute approximate surface area is 189 Å². The number of benzene rings is 2. The Balaban J connectivity index is 1.82. The zero-order valence-electron chi connectivity index (χ0n) is 17.1. The Morgan fingerprint density at radius 1 is 0.853 bits per heavy atom. The van der Waals surface area contributed by atoms with Crippen LogP contribution in [0.2, 0.25) is 0 Å². The standard InChI is InChI=1S/C21H20O13/c22-5-11-14(26)17(29)19(31)21(34-11)33-10-4-9-12(15(27)13(10)25)16(28)18(30)20(32-9)6-1-2-7(23)8(24)3-6/h1-4,11,14,17,19,21-27,29-31H,5H2/t11-,14-,17+,19-,21-/m1/s1. The fourth-order valence-corrected chi connectivity index (χ4v) is 3.53. The number of aliphatic hydroxyl groups is 4. The van der Waals surface area contributed by atoms with Gasteiger partial charge in [-0.15, -0.1) is 0 Å². The van der Waals surface area contributed by atoms with Gasteiger partial charge in [0.1, 0.15) is 35.4 Å². The molecule has 9 N–H and O–H groups in total. The van der Waals surface area contributed by atoms with Crippen molar-refractivity contribution in [3.63, 3.8) is 0 Å². The van der Waals surface area contributed by atoms with Gasteiger partial charge in [-0.1, -0.05) is 0 Å². The van der Waals surface area contributed by atoms with E-state index in [9.17, 15) is 50.8 Å². The van der Waals surface area contributed by atoms with Gasteiger partial charge in [0.05, 0.1) is 6.61 Å². The number of phenolic OH excluding ortho intramolecular Hbond substituents is 4. The third-order valence-corrected chi connectivity index (χ3v) is 5.40. The summed E-state index contributed by atoms with van der Waals surface area (Å²) in [6, 6.07) is 4.24. The average Bonchev–Trinajstić information content (AvgIpc) is 2.81. The Kier molecular flexibility index (Phi) is 5.89. The highest BCUT2D eigenvalue weighted by atomic mass is 16.7. The van der Waals surface area contributed by atoms with Gasteiger partial charge in [-0.3, -0.25) is 4.79 Å². The second-order valence-corrected chi connectivity index (χ2v) is 7.57. The van der Waals surface area contributed by atoms with Crippen molar-refractivity contribution in [3.8, 4) is 45.8 Å². The lowest BCUT2D eigenvalue weighted by molar-refractivity contribution is -0.277. The van der Waals surface area contributed by atoms with Gasteiger partial charge in [-0.05, 0) is 18.2 Å². The van der Waals surface area contributed by atoms with Gasteiger partial charge in [0.15, 0.2) is 28.8 Å². The van der Waals surface area contributed by atoms with E-state index in [0.717, 1.165) is 18.2 Å². The molecular formula is C21H20O13. The minimum atomic E-state index is -1.84. The van der Waals surface area contributed by atoms with Crippen molar-refractivity contribution >= 4 is 11.0 Å². The molecule has 34 heavy (non-hydrogen) atoms. The summed E-state index contributed by atoms with van der Waals surface area (Å²) in [5, 5.41) is 88.8. The van der Waals surface area contributed by atoms with E-state index in [4.69, 9.17) is 13.9 Å². The molecule has 2 heterocycles. The Morgan fingerprint density at radius 2 is 1.56 bits per heavy atom. The summed E-state index contributed by atoms with van der Waals surface area (Å²) in [7, 11) is 0. The van der Waals surface area contributed by atoms with Crippen LogP contribution in [0.3, 0.4) is 0 Å². The van der Waals surface area contributed by atoms with E-state index in [2.05, 4.69) is 0 Å². The molecule has 1 aliphatic rings. The zero-order valence-corrected chi connectivity index (χ0v) is 17.1. The molecular weight excluding hydrogens is 460 g/mol.